The summed E-state index contributed by atoms with van der Waals surface area (Å²) in [5.74, 6) is 1.73. The fourth-order valence-corrected chi connectivity index (χ4v) is 4.05. The maximum Gasteiger partial charge on any atom is 0.0449 e. The topological polar surface area (TPSA) is 15.3 Å². The Kier molecular flexibility index (Phi) is 4.42. The molecular weight excluding hydrogens is 244 g/mol. The van der Waals surface area contributed by atoms with Crippen molar-refractivity contribution in [1.82, 2.24) is 10.2 Å². The van der Waals surface area contributed by atoms with Gasteiger partial charge in [0.2, 0.25) is 0 Å². The predicted molar refractivity (Wildman–Crippen MR) is 84.7 cm³/mol. The molecule has 0 spiro atoms. The Morgan fingerprint density at radius 3 is 2.70 bits per heavy atom. The van der Waals surface area contributed by atoms with Crippen LogP contribution >= 0.6 is 0 Å². The molecule has 1 aromatic carbocycles. The summed E-state index contributed by atoms with van der Waals surface area (Å²) in [7, 11) is 0. The Morgan fingerprint density at radius 2 is 1.90 bits per heavy atom. The molecule has 1 aromatic rings. The standard InChI is InChI=1S/C18H28N2/c1-14-7-6-10-18(15(14)2)20-12-11-19-17(13-20)16-8-4-3-5-9-16/h3-5,8-9,14-15,17-19H,6-7,10-13H2,1-2H3. The van der Waals surface area contributed by atoms with Gasteiger partial charge in [-0.15, -0.1) is 0 Å². The van der Waals surface area contributed by atoms with E-state index < -0.39 is 0 Å². The van der Waals surface area contributed by atoms with E-state index >= 15 is 0 Å². The van der Waals surface area contributed by atoms with Crippen LogP contribution in [0.1, 0.15) is 44.7 Å². The summed E-state index contributed by atoms with van der Waals surface area (Å²) in [6.45, 7) is 8.41. The van der Waals surface area contributed by atoms with Gasteiger partial charge in [-0.25, -0.2) is 0 Å². The molecule has 1 saturated heterocycles. The zero-order valence-corrected chi connectivity index (χ0v) is 12.9. The lowest BCUT2D eigenvalue weighted by Gasteiger charge is -2.45. The van der Waals surface area contributed by atoms with Gasteiger partial charge in [0.05, 0.1) is 0 Å². The number of rotatable bonds is 2. The molecule has 1 saturated carbocycles. The second kappa shape index (κ2) is 6.28. The highest BCUT2D eigenvalue weighted by Gasteiger charge is 2.33. The summed E-state index contributed by atoms with van der Waals surface area (Å²) >= 11 is 0. The number of nitrogens with one attached hydrogen (secondary N) is 1. The van der Waals surface area contributed by atoms with Crippen molar-refractivity contribution in [2.75, 3.05) is 19.6 Å². The van der Waals surface area contributed by atoms with Crippen LogP contribution in [0.25, 0.3) is 0 Å². The quantitative estimate of drug-likeness (QED) is 0.887. The average Bonchev–Trinajstić information content (AvgIpc) is 2.51. The van der Waals surface area contributed by atoms with Gasteiger partial charge in [0, 0.05) is 31.7 Å². The number of hydrogen-bond acceptors (Lipinski definition) is 2. The molecule has 2 heteroatoms. The maximum absolute atomic E-state index is 3.69. The molecule has 1 aliphatic carbocycles. The third kappa shape index (κ3) is 2.91. The lowest BCUT2D eigenvalue weighted by Crippen LogP contribution is -2.53. The highest BCUT2D eigenvalue weighted by Crippen LogP contribution is 2.34. The molecule has 0 bridgehead atoms. The fourth-order valence-electron chi connectivity index (χ4n) is 4.05. The molecule has 2 fully saturated rings. The number of hydrogen-bond donors (Lipinski definition) is 1. The Labute approximate surface area is 123 Å². The van der Waals surface area contributed by atoms with Gasteiger partial charge in [-0.1, -0.05) is 57.0 Å². The van der Waals surface area contributed by atoms with Gasteiger partial charge >= 0.3 is 0 Å². The van der Waals surface area contributed by atoms with E-state index in [1.165, 1.54) is 37.9 Å². The van der Waals surface area contributed by atoms with E-state index in [0.717, 1.165) is 24.4 Å². The first-order valence-corrected chi connectivity index (χ1v) is 8.28. The van der Waals surface area contributed by atoms with E-state index in [0.29, 0.717) is 6.04 Å². The maximum atomic E-state index is 3.69. The molecule has 2 nitrogen and oxygen atoms in total. The summed E-state index contributed by atoms with van der Waals surface area (Å²) in [5.41, 5.74) is 1.44. The van der Waals surface area contributed by atoms with Crippen molar-refractivity contribution in [3.05, 3.63) is 35.9 Å². The van der Waals surface area contributed by atoms with E-state index in [-0.39, 0.29) is 0 Å². The smallest absolute Gasteiger partial charge is 0.0449 e. The Balaban J connectivity index is 1.69. The number of benzene rings is 1. The summed E-state index contributed by atoms with van der Waals surface area (Å²) in [5, 5.41) is 3.69. The SMILES string of the molecule is CC1CCCC(N2CCNC(c3ccccc3)C2)C1C. The minimum absolute atomic E-state index is 0.509. The largest absolute Gasteiger partial charge is 0.308 e. The number of piperazine rings is 1. The van der Waals surface area contributed by atoms with Gasteiger partial charge in [-0.3, -0.25) is 4.90 Å². The first-order valence-electron chi connectivity index (χ1n) is 8.28. The van der Waals surface area contributed by atoms with Crippen molar-refractivity contribution >= 4 is 0 Å². The molecule has 0 radical (unpaired) electrons. The minimum Gasteiger partial charge on any atom is -0.308 e. The zero-order chi connectivity index (χ0) is 13.9. The van der Waals surface area contributed by atoms with E-state index in [1.54, 1.807) is 0 Å². The van der Waals surface area contributed by atoms with E-state index in [1.807, 2.05) is 0 Å². The molecule has 110 valence electrons. The lowest BCUT2D eigenvalue weighted by atomic mass is 9.77. The molecule has 2 aliphatic rings. The van der Waals surface area contributed by atoms with Crippen LogP contribution in [0.2, 0.25) is 0 Å². The van der Waals surface area contributed by atoms with Crippen LogP contribution in [-0.2, 0) is 0 Å². The number of nitrogens with zero attached hydrogens (tertiary/aromatic N) is 1. The molecule has 3 rings (SSSR count). The lowest BCUT2D eigenvalue weighted by molar-refractivity contribution is 0.0573. The minimum atomic E-state index is 0.509. The van der Waals surface area contributed by atoms with Crippen LogP contribution < -0.4 is 5.32 Å². The van der Waals surface area contributed by atoms with Gasteiger partial charge in [0.15, 0.2) is 0 Å². The zero-order valence-electron chi connectivity index (χ0n) is 12.9. The van der Waals surface area contributed by atoms with E-state index in [4.69, 9.17) is 0 Å². The fraction of sp³-hybridized carbons (Fsp3) is 0.667. The van der Waals surface area contributed by atoms with Crippen LogP contribution in [0, 0.1) is 11.8 Å². The van der Waals surface area contributed by atoms with Gasteiger partial charge in [-0.2, -0.15) is 0 Å². The van der Waals surface area contributed by atoms with Crippen LogP contribution in [0.15, 0.2) is 30.3 Å². The van der Waals surface area contributed by atoms with Gasteiger partial charge < -0.3 is 5.32 Å². The molecule has 0 aromatic heterocycles. The molecule has 0 amide bonds. The highest BCUT2D eigenvalue weighted by atomic mass is 15.2. The van der Waals surface area contributed by atoms with Crippen molar-refractivity contribution in [1.29, 1.82) is 0 Å². The van der Waals surface area contributed by atoms with Crippen LogP contribution in [0.5, 0.6) is 0 Å². The molecule has 4 unspecified atom stereocenters. The Bertz CT molecular complexity index is 417. The van der Waals surface area contributed by atoms with Crippen molar-refractivity contribution in [3.63, 3.8) is 0 Å². The van der Waals surface area contributed by atoms with Gasteiger partial charge in [-0.05, 0) is 23.8 Å². The highest BCUT2D eigenvalue weighted by molar-refractivity contribution is 5.20. The third-order valence-corrected chi connectivity index (χ3v) is 5.54. The molecule has 20 heavy (non-hydrogen) atoms. The van der Waals surface area contributed by atoms with Crippen LogP contribution in [0.4, 0.5) is 0 Å². The van der Waals surface area contributed by atoms with E-state index in [2.05, 4.69) is 54.4 Å². The molecule has 4 atom stereocenters. The molecular formula is C18H28N2. The molecule has 1 heterocycles. The predicted octanol–water partition coefficient (Wildman–Crippen LogP) is 3.46. The average molecular weight is 272 g/mol. The second-order valence-corrected chi connectivity index (χ2v) is 6.75. The van der Waals surface area contributed by atoms with Crippen molar-refractivity contribution < 1.29 is 0 Å². The third-order valence-electron chi connectivity index (χ3n) is 5.54. The molecule has 1 N–H and O–H groups in total. The van der Waals surface area contributed by atoms with Gasteiger partial charge in [0.1, 0.15) is 0 Å². The summed E-state index contributed by atoms with van der Waals surface area (Å²) < 4.78 is 0. The van der Waals surface area contributed by atoms with Crippen molar-refractivity contribution in [2.45, 2.75) is 45.2 Å². The Morgan fingerprint density at radius 1 is 1.10 bits per heavy atom. The normalized spacial score (nSPS) is 35.9. The monoisotopic (exact) mass is 272 g/mol. The summed E-state index contributed by atoms with van der Waals surface area (Å²) in [4.78, 5) is 2.76. The Hall–Kier alpha value is -0.860. The van der Waals surface area contributed by atoms with Crippen molar-refractivity contribution in [2.24, 2.45) is 11.8 Å². The van der Waals surface area contributed by atoms with Gasteiger partial charge in [0.25, 0.3) is 0 Å². The first kappa shape index (κ1) is 14.1. The van der Waals surface area contributed by atoms with Crippen LogP contribution in [0.3, 0.4) is 0 Å². The summed E-state index contributed by atoms with van der Waals surface area (Å²) in [6.07, 6.45) is 4.23. The first-order chi connectivity index (χ1) is 9.75. The molecule has 1 aliphatic heterocycles. The van der Waals surface area contributed by atoms with Crippen LogP contribution in [-0.4, -0.2) is 30.6 Å². The summed E-state index contributed by atoms with van der Waals surface area (Å²) in [6, 6.07) is 12.2. The van der Waals surface area contributed by atoms with E-state index in [9.17, 15) is 0 Å². The second-order valence-electron chi connectivity index (χ2n) is 6.75. The van der Waals surface area contributed by atoms with Crippen molar-refractivity contribution in [3.8, 4) is 0 Å².